The smallest absolute Gasteiger partial charge is 0.346 e. The maximum absolute atomic E-state index is 12.3. The maximum atomic E-state index is 12.3. The molecule has 10 heteroatoms. The van der Waals surface area contributed by atoms with E-state index in [-0.39, 0.29) is 5.75 Å². The van der Waals surface area contributed by atoms with Gasteiger partial charge in [0.25, 0.3) is 0 Å². The number of benzene rings is 1. The number of carbonyl (C=O) groups is 1. The third-order valence-corrected chi connectivity index (χ3v) is 6.51. The van der Waals surface area contributed by atoms with Gasteiger partial charge in [0, 0.05) is 0 Å². The van der Waals surface area contributed by atoms with Crippen LogP contribution in [-0.2, 0) is 34.4 Å². The summed E-state index contributed by atoms with van der Waals surface area (Å²) in [6, 6.07) is 8.41. The van der Waals surface area contributed by atoms with E-state index in [0.717, 1.165) is 7.11 Å². The average molecular weight is 379 g/mol. The topological polar surface area (TPSA) is 119 Å². The lowest BCUT2D eigenvalue weighted by Crippen LogP contribution is -2.39. The maximum Gasteiger partial charge on any atom is 0.346 e. The molecule has 136 valence electrons. The lowest BCUT2D eigenvalue weighted by atomic mass is 10.2. The molecule has 0 aliphatic heterocycles. The van der Waals surface area contributed by atoms with Crippen molar-refractivity contribution in [1.29, 1.82) is 0 Å². The van der Waals surface area contributed by atoms with E-state index >= 15 is 0 Å². The largest absolute Gasteiger partial charge is 0.467 e. The molecule has 0 radical (unpaired) electrons. The summed E-state index contributed by atoms with van der Waals surface area (Å²) in [6.07, 6.45) is 0. The summed E-state index contributed by atoms with van der Waals surface area (Å²) < 4.78 is 48.1. The zero-order valence-corrected chi connectivity index (χ0v) is 15.4. The van der Waals surface area contributed by atoms with E-state index in [0.29, 0.717) is 5.56 Å². The Kier molecular flexibility index (Phi) is 7.56. The van der Waals surface area contributed by atoms with Crippen LogP contribution in [0.4, 0.5) is 0 Å². The van der Waals surface area contributed by atoms with Gasteiger partial charge < -0.3 is 9.63 Å². The van der Waals surface area contributed by atoms with E-state index in [2.05, 4.69) is 9.46 Å². The molecule has 24 heavy (non-hydrogen) atoms. The molecule has 2 N–H and O–H groups in total. The van der Waals surface area contributed by atoms with Crippen LogP contribution in [0.15, 0.2) is 30.3 Å². The van der Waals surface area contributed by atoms with Gasteiger partial charge in [0.1, 0.15) is 5.78 Å². The molecule has 1 aromatic rings. The number of methoxy groups -OCH3 is 1. The molecular weight excluding hydrogens is 357 g/mol. The van der Waals surface area contributed by atoms with Crippen LogP contribution >= 0.6 is 7.60 Å². The van der Waals surface area contributed by atoms with Crippen LogP contribution in [0.25, 0.3) is 0 Å². The normalized spacial score (nSPS) is 15.7. The first-order valence-corrected chi connectivity index (χ1v) is 10.4. The van der Waals surface area contributed by atoms with Crippen LogP contribution in [-0.4, -0.2) is 38.8 Å². The second kappa shape index (κ2) is 8.73. The Morgan fingerprint density at radius 1 is 1.29 bits per heavy atom. The average Bonchev–Trinajstić information content (AvgIpc) is 2.50. The predicted octanol–water partition coefficient (Wildman–Crippen LogP) is 1.46. The van der Waals surface area contributed by atoms with E-state index in [1.54, 1.807) is 44.2 Å². The van der Waals surface area contributed by atoms with Crippen LogP contribution in [0.3, 0.4) is 0 Å². The number of sulfonamides is 1. The van der Waals surface area contributed by atoms with E-state index < -0.39 is 41.9 Å². The van der Waals surface area contributed by atoms with E-state index in [1.165, 1.54) is 0 Å². The summed E-state index contributed by atoms with van der Waals surface area (Å²) in [6.45, 7) is 2.40. The summed E-state index contributed by atoms with van der Waals surface area (Å²) in [5, 5.41) is 0. The summed E-state index contributed by atoms with van der Waals surface area (Å²) in [4.78, 5) is 21.1. The van der Waals surface area contributed by atoms with Gasteiger partial charge >= 0.3 is 13.6 Å². The Labute approximate surface area is 141 Å². The van der Waals surface area contributed by atoms with Crippen LogP contribution in [0.2, 0.25) is 0 Å². The highest BCUT2D eigenvalue weighted by atomic mass is 32.2. The van der Waals surface area contributed by atoms with Crippen LogP contribution in [0, 0.1) is 5.92 Å². The lowest BCUT2D eigenvalue weighted by molar-refractivity contribution is -0.143. The molecule has 1 aromatic carbocycles. The molecule has 0 aromatic heterocycles. The van der Waals surface area contributed by atoms with Gasteiger partial charge in [-0.1, -0.05) is 44.2 Å². The molecule has 0 amide bonds. The molecular formula is C14H22NO7PS. The van der Waals surface area contributed by atoms with Crippen molar-refractivity contribution in [2.45, 2.75) is 25.4 Å². The Morgan fingerprint density at radius 3 is 2.38 bits per heavy atom. The van der Waals surface area contributed by atoms with Crippen molar-refractivity contribution >= 4 is 23.6 Å². The van der Waals surface area contributed by atoms with Gasteiger partial charge in [-0.25, -0.2) is 13.2 Å². The fourth-order valence-corrected chi connectivity index (χ4v) is 5.46. The second-order valence-electron chi connectivity index (χ2n) is 5.47. The van der Waals surface area contributed by atoms with Gasteiger partial charge in [0.05, 0.1) is 12.9 Å². The molecule has 0 spiro atoms. The third kappa shape index (κ3) is 6.70. The van der Waals surface area contributed by atoms with Crippen LogP contribution in [0.5, 0.6) is 0 Å². The molecule has 1 unspecified atom stereocenters. The molecule has 0 aliphatic rings. The zero-order chi connectivity index (χ0) is 18.4. The number of hydrogen-bond acceptors (Lipinski definition) is 6. The SMILES string of the molecule is COC(=O)COP(=O)(O)[C@@H](NS(=O)(=O)Cc1ccccc1)C(C)C. The fourth-order valence-electron chi connectivity index (χ4n) is 1.88. The summed E-state index contributed by atoms with van der Waals surface area (Å²) in [7, 11) is -7.20. The molecule has 0 saturated heterocycles. The minimum atomic E-state index is -4.42. The molecule has 8 nitrogen and oxygen atoms in total. The Morgan fingerprint density at radius 2 is 1.88 bits per heavy atom. The molecule has 2 atom stereocenters. The standard InChI is InChI=1S/C14H22NO7PS/c1-11(2)14(23(17,18)22-9-13(16)21-3)15-24(19,20)10-12-7-5-4-6-8-12/h4-8,11,14-15H,9-10H2,1-3H3,(H,17,18)/t14-/m1/s1. The van der Waals surface area contributed by atoms with Crippen LogP contribution < -0.4 is 4.72 Å². The number of ether oxygens (including phenoxy) is 1. The summed E-state index contributed by atoms with van der Waals surface area (Å²) >= 11 is 0. The lowest BCUT2D eigenvalue weighted by Gasteiger charge is -2.26. The van der Waals surface area contributed by atoms with E-state index in [1.807, 2.05) is 0 Å². The first kappa shape index (κ1) is 20.8. The van der Waals surface area contributed by atoms with Gasteiger partial charge in [-0.05, 0) is 11.5 Å². The third-order valence-electron chi connectivity index (χ3n) is 3.08. The second-order valence-corrected chi connectivity index (χ2v) is 9.16. The van der Waals surface area contributed by atoms with Gasteiger partial charge in [-0.2, -0.15) is 4.72 Å². The Bertz CT molecular complexity index is 690. The number of esters is 1. The number of hydrogen-bond donors (Lipinski definition) is 2. The first-order valence-electron chi connectivity index (χ1n) is 7.15. The molecule has 0 aliphatic carbocycles. The molecule has 0 bridgehead atoms. The predicted molar refractivity (Wildman–Crippen MR) is 88.6 cm³/mol. The monoisotopic (exact) mass is 379 g/mol. The highest BCUT2D eigenvalue weighted by Crippen LogP contribution is 2.49. The van der Waals surface area contributed by atoms with E-state index in [9.17, 15) is 22.7 Å². The zero-order valence-electron chi connectivity index (χ0n) is 13.7. The summed E-state index contributed by atoms with van der Waals surface area (Å²) in [5.41, 5.74) is 0.538. The quantitative estimate of drug-likeness (QED) is 0.492. The van der Waals surface area contributed by atoms with E-state index in [4.69, 9.17) is 4.52 Å². The number of carbonyl (C=O) groups excluding carboxylic acids is 1. The van der Waals surface area contributed by atoms with Gasteiger partial charge in [0.15, 0.2) is 6.61 Å². The van der Waals surface area contributed by atoms with Gasteiger partial charge in [-0.15, -0.1) is 0 Å². The van der Waals surface area contributed by atoms with Crippen molar-refractivity contribution in [3.8, 4) is 0 Å². The molecule has 0 saturated carbocycles. The fraction of sp³-hybridized carbons (Fsp3) is 0.500. The van der Waals surface area contributed by atoms with Gasteiger partial charge in [-0.3, -0.25) is 9.09 Å². The van der Waals surface area contributed by atoms with Crippen molar-refractivity contribution in [2.24, 2.45) is 5.92 Å². The first-order chi connectivity index (χ1) is 11.1. The molecule has 1 rings (SSSR count). The highest BCUT2D eigenvalue weighted by Gasteiger charge is 2.38. The molecule has 0 fully saturated rings. The number of rotatable bonds is 9. The number of nitrogens with one attached hydrogen (secondary N) is 1. The minimum absolute atomic E-state index is 0.339. The van der Waals surface area contributed by atoms with Crippen molar-refractivity contribution in [3.63, 3.8) is 0 Å². The highest BCUT2D eigenvalue weighted by molar-refractivity contribution is 7.89. The Balaban J connectivity index is 2.88. The van der Waals surface area contributed by atoms with Gasteiger partial charge in [0.2, 0.25) is 10.0 Å². The molecule has 0 heterocycles. The van der Waals surface area contributed by atoms with Crippen molar-refractivity contribution < 1.29 is 31.9 Å². The van der Waals surface area contributed by atoms with Crippen molar-refractivity contribution in [2.75, 3.05) is 13.7 Å². The minimum Gasteiger partial charge on any atom is -0.467 e. The van der Waals surface area contributed by atoms with Crippen LogP contribution in [0.1, 0.15) is 19.4 Å². The Hall–Kier alpha value is -1.25. The summed E-state index contributed by atoms with van der Waals surface area (Å²) in [5.74, 6) is -3.09. The van der Waals surface area contributed by atoms with Crippen molar-refractivity contribution in [3.05, 3.63) is 35.9 Å². The van der Waals surface area contributed by atoms with Crippen molar-refractivity contribution in [1.82, 2.24) is 4.72 Å².